The summed E-state index contributed by atoms with van der Waals surface area (Å²) in [6.07, 6.45) is 0. The van der Waals surface area contributed by atoms with Gasteiger partial charge in [0.2, 0.25) is 0 Å². The second-order valence-electron chi connectivity index (χ2n) is 6.06. The molecule has 4 nitrogen and oxygen atoms in total. The predicted octanol–water partition coefficient (Wildman–Crippen LogP) is 4.46. The van der Waals surface area contributed by atoms with Gasteiger partial charge in [-0.25, -0.2) is 0 Å². The summed E-state index contributed by atoms with van der Waals surface area (Å²) >= 11 is 0. The van der Waals surface area contributed by atoms with Crippen LogP contribution in [0.1, 0.15) is 33.2 Å². The van der Waals surface area contributed by atoms with Gasteiger partial charge in [-0.2, -0.15) is 0 Å². The van der Waals surface area contributed by atoms with Gasteiger partial charge in [-0.1, -0.05) is 42.2 Å². The molecule has 0 saturated heterocycles. The SMILES string of the molecule is CC(=O)c1ccc(C#CCNC(=O)c2ccc(Oc3ccccc3)cc2)cc1. The van der Waals surface area contributed by atoms with Crippen LogP contribution in [0.4, 0.5) is 0 Å². The minimum atomic E-state index is -0.201. The summed E-state index contributed by atoms with van der Waals surface area (Å²) in [5.41, 5.74) is 1.98. The van der Waals surface area contributed by atoms with Gasteiger partial charge in [-0.05, 0) is 55.5 Å². The van der Waals surface area contributed by atoms with Crippen LogP contribution in [0.5, 0.6) is 11.5 Å². The van der Waals surface area contributed by atoms with E-state index in [-0.39, 0.29) is 18.2 Å². The fourth-order valence-corrected chi connectivity index (χ4v) is 2.46. The number of amides is 1. The van der Waals surface area contributed by atoms with E-state index >= 15 is 0 Å². The number of para-hydroxylation sites is 1. The normalized spacial score (nSPS) is 9.75. The molecular weight excluding hydrogens is 350 g/mol. The Morgan fingerprint density at radius 3 is 2.07 bits per heavy atom. The molecule has 0 aliphatic rings. The van der Waals surface area contributed by atoms with Crippen molar-refractivity contribution in [3.8, 4) is 23.3 Å². The molecule has 0 atom stereocenters. The molecule has 0 unspecified atom stereocenters. The summed E-state index contributed by atoms with van der Waals surface area (Å²) in [5, 5.41) is 2.76. The van der Waals surface area contributed by atoms with Crippen molar-refractivity contribution in [2.24, 2.45) is 0 Å². The first-order valence-corrected chi connectivity index (χ1v) is 8.83. The minimum Gasteiger partial charge on any atom is -0.457 e. The number of hydrogen-bond acceptors (Lipinski definition) is 3. The highest BCUT2D eigenvalue weighted by atomic mass is 16.5. The van der Waals surface area contributed by atoms with Gasteiger partial charge in [-0.3, -0.25) is 9.59 Å². The molecule has 1 amide bonds. The number of nitrogens with one attached hydrogen (secondary N) is 1. The van der Waals surface area contributed by atoms with Crippen molar-refractivity contribution < 1.29 is 14.3 Å². The average molecular weight is 369 g/mol. The summed E-state index contributed by atoms with van der Waals surface area (Å²) in [4.78, 5) is 23.4. The average Bonchev–Trinajstić information content (AvgIpc) is 2.72. The topological polar surface area (TPSA) is 55.4 Å². The second kappa shape index (κ2) is 9.20. The highest BCUT2D eigenvalue weighted by Crippen LogP contribution is 2.21. The summed E-state index contributed by atoms with van der Waals surface area (Å²) in [6, 6.07) is 23.4. The fourth-order valence-electron chi connectivity index (χ4n) is 2.46. The molecule has 0 aromatic heterocycles. The predicted molar refractivity (Wildman–Crippen MR) is 109 cm³/mol. The van der Waals surface area contributed by atoms with Gasteiger partial charge in [-0.15, -0.1) is 0 Å². The molecule has 0 spiro atoms. The van der Waals surface area contributed by atoms with Crippen LogP contribution < -0.4 is 10.1 Å². The Bertz CT molecular complexity index is 1010. The lowest BCUT2D eigenvalue weighted by Crippen LogP contribution is -2.23. The zero-order valence-electron chi connectivity index (χ0n) is 15.4. The van der Waals surface area contributed by atoms with Crippen molar-refractivity contribution in [1.29, 1.82) is 0 Å². The third-order valence-electron chi connectivity index (χ3n) is 3.96. The lowest BCUT2D eigenvalue weighted by molar-refractivity contribution is 0.0957. The zero-order valence-corrected chi connectivity index (χ0v) is 15.4. The highest BCUT2D eigenvalue weighted by molar-refractivity contribution is 5.94. The number of carbonyl (C=O) groups excluding carboxylic acids is 2. The molecule has 4 heteroatoms. The molecule has 3 aromatic carbocycles. The van der Waals surface area contributed by atoms with Crippen LogP contribution in [0.3, 0.4) is 0 Å². The maximum Gasteiger partial charge on any atom is 0.252 e. The van der Waals surface area contributed by atoms with E-state index in [1.54, 1.807) is 48.5 Å². The van der Waals surface area contributed by atoms with Gasteiger partial charge in [0.05, 0.1) is 6.54 Å². The Labute approximate surface area is 164 Å². The van der Waals surface area contributed by atoms with Crippen LogP contribution in [-0.4, -0.2) is 18.2 Å². The highest BCUT2D eigenvalue weighted by Gasteiger charge is 2.04. The van der Waals surface area contributed by atoms with E-state index in [1.807, 2.05) is 30.3 Å². The first kappa shape index (κ1) is 18.9. The van der Waals surface area contributed by atoms with Crippen molar-refractivity contribution in [2.45, 2.75) is 6.92 Å². The van der Waals surface area contributed by atoms with Crippen LogP contribution in [0.2, 0.25) is 0 Å². The summed E-state index contributed by atoms with van der Waals surface area (Å²) in [5.74, 6) is 7.09. The number of carbonyl (C=O) groups is 2. The Hall–Kier alpha value is -3.84. The summed E-state index contributed by atoms with van der Waals surface area (Å²) < 4.78 is 5.71. The van der Waals surface area contributed by atoms with E-state index in [1.165, 1.54) is 6.92 Å². The molecule has 0 fully saturated rings. The number of benzene rings is 3. The maximum atomic E-state index is 12.2. The lowest BCUT2D eigenvalue weighted by atomic mass is 10.1. The Morgan fingerprint density at radius 1 is 0.821 bits per heavy atom. The number of ketones is 1. The van der Waals surface area contributed by atoms with Gasteiger partial charge in [0.1, 0.15) is 11.5 Å². The van der Waals surface area contributed by atoms with E-state index in [2.05, 4.69) is 17.2 Å². The number of Topliss-reactive ketones (excluding diaryl/α,β-unsaturated/α-hetero) is 1. The monoisotopic (exact) mass is 369 g/mol. The van der Waals surface area contributed by atoms with E-state index in [0.717, 1.165) is 11.3 Å². The second-order valence-corrected chi connectivity index (χ2v) is 6.06. The van der Waals surface area contributed by atoms with Crippen LogP contribution in [0, 0.1) is 11.8 Å². The molecular formula is C24H19NO3. The lowest BCUT2D eigenvalue weighted by Gasteiger charge is -2.06. The molecule has 0 aliphatic carbocycles. The number of hydrogen-bond donors (Lipinski definition) is 1. The molecule has 28 heavy (non-hydrogen) atoms. The van der Waals surface area contributed by atoms with Crippen LogP contribution >= 0.6 is 0 Å². The first-order valence-electron chi connectivity index (χ1n) is 8.83. The first-order chi connectivity index (χ1) is 13.6. The third-order valence-corrected chi connectivity index (χ3v) is 3.96. The molecule has 3 aromatic rings. The summed E-state index contributed by atoms with van der Waals surface area (Å²) in [6.45, 7) is 1.76. The standard InChI is InChI=1S/C24H19NO3/c1-18(26)20-11-9-19(10-12-20)6-5-17-25-24(27)21-13-15-23(16-14-21)28-22-7-3-2-4-8-22/h2-4,7-16H,17H2,1H3,(H,25,27). The molecule has 1 N–H and O–H groups in total. The molecule has 0 radical (unpaired) electrons. The molecule has 0 saturated carbocycles. The van der Waals surface area contributed by atoms with E-state index in [9.17, 15) is 9.59 Å². The third kappa shape index (κ3) is 5.33. The Balaban J connectivity index is 1.52. The van der Waals surface area contributed by atoms with Crippen molar-refractivity contribution >= 4 is 11.7 Å². The smallest absolute Gasteiger partial charge is 0.252 e. The number of rotatable bonds is 5. The van der Waals surface area contributed by atoms with E-state index in [0.29, 0.717) is 16.9 Å². The fraction of sp³-hybridized carbons (Fsp3) is 0.0833. The molecule has 0 aliphatic heterocycles. The van der Waals surface area contributed by atoms with Crippen LogP contribution in [0.25, 0.3) is 0 Å². The minimum absolute atomic E-state index is 0.0203. The van der Waals surface area contributed by atoms with Crippen molar-refractivity contribution in [1.82, 2.24) is 5.32 Å². The van der Waals surface area contributed by atoms with Gasteiger partial charge in [0.25, 0.3) is 5.91 Å². The maximum absolute atomic E-state index is 12.2. The van der Waals surface area contributed by atoms with Gasteiger partial charge in [0.15, 0.2) is 5.78 Å². The van der Waals surface area contributed by atoms with Gasteiger partial charge < -0.3 is 10.1 Å². The molecule has 0 heterocycles. The van der Waals surface area contributed by atoms with Gasteiger partial charge >= 0.3 is 0 Å². The van der Waals surface area contributed by atoms with E-state index < -0.39 is 0 Å². The Morgan fingerprint density at radius 2 is 1.43 bits per heavy atom. The largest absolute Gasteiger partial charge is 0.457 e. The van der Waals surface area contributed by atoms with E-state index in [4.69, 9.17) is 4.74 Å². The Kier molecular flexibility index (Phi) is 6.22. The summed E-state index contributed by atoms with van der Waals surface area (Å²) in [7, 11) is 0. The zero-order chi connectivity index (χ0) is 19.8. The number of ether oxygens (including phenoxy) is 1. The van der Waals surface area contributed by atoms with Gasteiger partial charge in [0, 0.05) is 16.7 Å². The van der Waals surface area contributed by atoms with Crippen molar-refractivity contribution in [3.63, 3.8) is 0 Å². The van der Waals surface area contributed by atoms with Crippen LogP contribution in [0.15, 0.2) is 78.9 Å². The molecule has 0 bridgehead atoms. The molecule has 3 rings (SSSR count). The quantitative estimate of drug-likeness (QED) is 0.533. The van der Waals surface area contributed by atoms with Crippen LogP contribution in [-0.2, 0) is 0 Å². The van der Waals surface area contributed by atoms with Crippen molar-refractivity contribution in [2.75, 3.05) is 6.54 Å². The molecule has 138 valence electrons. The van der Waals surface area contributed by atoms with Crippen molar-refractivity contribution in [3.05, 3.63) is 95.6 Å².